The molecule has 2 aromatic rings. The molecular formula is C12H8Br3ClN2O2S. The second kappa shape index (κ2) is 6.45. The van der Waals surface area contributed by atoms with Crippen LogP contribution < -0.4 is 10.5 Å². The highest BCUT2D eigenvalue weighted by Crippen LogP contribution is 2.36. The molecule has 9 heteroatoms. The molecule has 4 nitrogen and oxygen atoms in total. The van der Waals surface area contributed by atoms with Crippen molar-refractivity contribution >= 4 is 80.8 Å². The fraction of sp³-hybridized carbons (Fsp3) is 0. The summed E-state index contributed by atoms with van der Waals surface area (Å²) in [5.74, 6) is 0. The first-order valence-electron chi connectivity index (χ1n) is 5.43. The average Bonchev–Trinajstić information content (AvgIpc) is 2.37. The molecule has 0 saturated carbocycles. The molecular weight excluding hydrogens is 511 g/mol. The molecule has 2 aromatic carbocycles. The molecule has 0 fully saturated rings. The zero-order chi connectivity index (χ0) is 15.8. The standard InChI is InChI=1S/C12H8Br3ClN2O2S/c13-6-3-8(14)12(9(15)4-6)18-21(19,20)7-1-2-11(17)10(16)5-7/h1-5,18H,17H2. The Morgan fingerprint density at radius 3 is 2.14 bits per heavy atom. The summed E-state index contributed by atoms with van der Waals surface area (Å²) < 4.78 is 29.3. The van der Waals surface area contributed by atoms with Gasteiger partial charge in [0.05, 0.1) is 21.3 Å². The summed E-state index contributed by atoms with van der Waals surface area (Å²) >= 11 is 15.8. The molecule has 0 heterocycles. The SMILES string of the molecule is Nc1ccc(S(=O)(=O)Nc2c(Br)cc(Br)cc2Br)cc1Cl. The summed E-state index contributed by atoms with van der Waals surface area (Å²) in [6, 6.07) is 7.61. The molecule has 0 saturated heterocycles. The van der Waals surface area contributed by atoms with Gasteiger partial charge < -0.3 is 5.73 Å². The van der Waals surface area contributed by atoms with Gasteiger partial charge >= 0.3 is 0 Å². The highest BCUT2D eigenvalue weighted by Gasteiger charge is 2.18. The molecule has 0 bridgehead atoms. The maximum atomic E-state index is 12.4. The molecule has 0 aliphatic heterocycles. The number of halogens is 4. The second-order valence-corrected chi connectivity index (χ2v) is 8.75. The summed E-state index contributed by atoms with van der Waals surface area (Å²) in [4.78, 5) is 0.0309. The van der Waals surface area contributed by atoms with Crippen molar-refractivity contribution in [1.82, 2.24) is 0 Å². The number of sulfonamides is 1. The Hall–Kier alpha value is -0.280. The first kappa shape index (κ1) is 17.1. The van der Waals surface area contributed by atoms with Gasteiger partial charge in [-0.25, -0.2) is 8.42 Å². The van der Waals surface area contributed by atoms with Crippen LogP contribution in [0.5, 0.6) is 0 Å². The van der Waals surface area contributed by atoms with Crippen LogP contribution in [0.3, 0.4) is 0 Å². The number of rotatable bonds is 3. The topological polar surface area (TPSA) is 72.2 Å². The Labute approximate surface area is 152 Å². The minimum absolute atomic E-state index is 0.0309. The van der Waals surface area contributed by atoms with Crippen LogP contribution in [0.1, 0.15) is 0 Å². The average molecular weight is 519 g/mol. The molecule has 0 radical (unpaired) electrons. The van der Waals surface area contributed by atoms with E-state index in [1.807, 2.05) is 0 Å². The van der Waals surface area contributed by atoms with Crippen LogP contribution in [0, 0.1) is 0 Å². The third-order valence-corrected chi connectivity index (χ3v) is 5.91. The molecule has 0 atom stereocenters. The highest BCUT2D eigenvalue weighted by atomic mass is 79.9. The van der Waals surface area contributed by atoms with Crippen molar-refractivity contribution in [3.8, 4) is 0 Å². The summed E-state index contributed by atoms with van der Waals surface area (Å²) in [7, 11) is -3.78. The van der Waals surface area contributed by atoms with Crippen LogP contribution in [0.15, 0.2) is 48.6 Å². The molecule has 2 rings (SSSR count). The molecule has 0 aliphatic carbocycles. The molecule has 0 amide bonds. The summed E-state index contributed by atoms with van der Waals surface area (Å²) in [5, 5.41) is 0.187. The first-order valence-corrected chi connectivity index (χ1v) is 9.67. The predicted octanol–water partition coefficient (Wildman–Crippen LogP) is 5.01. The minimum Gasteiger partial charge on any atom is -0.398 e. The summed E-state index contributed by atoms with van der Waals surface area (Å²) in [6.07, 6.45) is 0. The van der Waals surface area contributed by atoms with Crippen molar-refractivity contribution in [2.45, 2.75) is 4.90 Å². The maximum absolute atomic E-state index is 12.4. The molecule has 0 aromatic heterocycles. The Morgan fingerprint density at radius 2 is 1.62 bits per heavy atom. The monoisotopic (exact) mass is 516 g/mol. The van der Waals surface area contributed by atoms with E-state index in [0.717, 1.165) is 4.47 Å². The number of nitrogen functional groups attached to an aromatic ring is 1. The van der Waals surface area contributed by atoms with Crippen LogP contribution in [0.4, 0.5) is 11.4 Å². The van der Waals surface area contributed by atoms with E-state index in [4.69, 9.17) is 17.3 Å². The van der Waals surface area contributed by atoms with E-state index in [2.05, 4.69) is 52.5 Å². The number of anilines is 2. The largest absolute Gasteiger partial charge is 0.398 e. The van der Waals surface area contributed by atoms with Crippen LogP contribution in [-0.4, -0.2) is 8.42 Å². The van der Waals surface area contributed by atoms with Gasteiger partial charge in [-0.05, 0) is 62.2 Å². The van der Waals surface area contributed by atoms with E-state index in [0.29, 0.717) is 20.3 Å². The molecule has 112 valence electrons. The van der Waals surface area contributed by atoms with Crippen molar-refractivity contribution in [1.29, 1.82) is 0 Å². The smallest absolute Gasteiger partial charge is 0.262 e. The Kier molecular flexibility index (Phi) is 5.25. The number of nitrogens with one attached hydrogen (secondary N) is 1. The predicted molar refractivity (Wildman–Crippen MR) is 96.2 cm³/mol. The molecule has 0 spiro atoms. The van der Waals surface area contributed by atoms with Crippen LogP contribution in [0.2, 0.25) is 5.02 Å². The zero-order valence-corrected chi connectivity index (χ0v) is 16.5. The normalized spacial score (nSPS) is 11.4. The van der Waals surface area contributed by atoms with Crippen LogP contribution in [-0.2, 0) is 10.0 Å². The zero-order valence-electron chi connectivity index (χ0n) is 10.2. The molecule has 21 heavy (non-hydrogen) atoms. The van der Waals surface area contributed by atoms with Crippen LogP contribution in [0.25, 0.3) is 0 Å². The first-order chi connectivity index (χ1) is 9.70. The van der Waals surface area contributed by atoms with Gasteiger partial charge in [-0.3, -0.25) is 4.72 Å². The Morgan fingerprint density at radius 1 is 1.05 bits per heavy atom. The van der Waals surface area contributed by atoms with Crippen molar-refractivity contribution < 1.29 is 8.42 Å². The van der Waals surface area contributed by atoms with E-state index in [9.17, 15) is 8.42 Å². The van der Waals surface area contributed by atoms with Crippen LogP contribution >= 0.6 is 59.4 Å². The lowest BCUT2D eigenvalue weighted by atomic mass is 10.3. The van der Waals surface area contributed by atoms with E-state index in [1.165, 1.54) is 18.2 Å². The third kappa shape index (κ3) is 3.92. The highest BCUT2D eigenvalue weighted by molar-refractivity contribution is 9.11. The van der Waals surface area contributed by atoms with E-state index in [-0.39, 0.29) is 9.92 Å². The fourth-order valence-corrected chi connectivity index (χ4v) is 5.60. The van der Waals surface area contributed by atoms with Gasteiger partial charge in [0, 0.05) is 13.4 Å². The second-order valence-electron chi connectivity index (χ2n) is 4.03. The number of hydrogen-bond donors (Lipinski definition) is 2. The number of benzene rings is 2. The summed E-state index contributed by atoms with van der Waals surface area (Å²) in [5.41, 5.74) is 6.30. The third-order valence-electron chi connectivity index (χ3n) is 2.53. The number of nitrogens with two attached hydrogens (primary N) is 1. The lowest BCUT2D eigenvalue weighted by Crippen LogP contribution is -2.14. The van der Waals surface area contributed by atoms with Gasteiger partial charge in [-0.15, -0.1) is 0 Å². The Bertz CT molecular complexity index is 789. The van der Waals surface area contributed by atoms with Gasteiger partial charge in [0.25, 0.3) is 10.0 Å². The van der Waals surface area contributed by atoms with Gasteiger partial charge in [0.15, 0.2) is 0 Å². The summed E-state index contributed by atoms with van der Waals surface area (Å²) in [6.45, 7) is 0. The number of hydrogen-bond acceptors (Lipinski definition) is 3. The Balaban J connectivity index is 2.44. The van der Waals surface area contributed by atoms with Crippen molar-refractivity contribution in [2.24, 2.45) is 0 Å². The maximum Gasteiger partial charge on any atom is 0.262 e. The van der Waals surface area contributed by atoms with Crippen molar-refractivity contribution in [3.05, 3.63) is 48.8 Å². The van der Waals surface area contributed by atoms with Crippen molar-refractivity contribution in [3.63, 3.8) is 0 Å². The molecule has 0 unspecified atom stereocenters. The van der Waals surface area contributed by atoms with E-state index in [1.54, 1.807) is 12.1 Å². The van der Waals surface area contributed by atoms with Gasteiger partial charge in [0.1, 0.15) is 0 Å². The van der Waals surface area contributed by atoms with Gasteiger partial charge in [-0.2, -0.15) is 0 Å². The van der Waals surface area contributed by atoms with E-state index >= 15 is 0 Å². The molecule has 0 aliphatic rings. The minimum atomic E-state index is -3.78. The van der Waals surface area contributed by atoms with Crippen molar-refractivity contribution in [2.75, 3.05) is 10.5 Å². The van der Waals surface area contributed by atoms with E-state index < -0.39 is 10.0 Å². The van der Waals surface area contributed by atoms with Gasteiger partial charge in [-0.1, -0.05) is 27.5 Å². The quantitative estimate of drug-likeness (QED) is 0.561. The van der Waals surface area contributed by atoms with Gasteiger partial charge in [0.2, 0.25) is 0 Å². The molecule has 3 N–H and O–H groups in total. The fourth-order valence-electron chi connectivity index (χ4n) is 1.51. The lowest BCUT2D eigenvalue weighted by molar-refractivity contribution is 0.601. The lowest BCUT2D eigenvalue weighted by Gasteiger charge is -2.12.